The van der Waals surface area contributed by atoms with Gasteiger partial charge in [-0.3, -0.25) is 9.36 Å². The number of nitrogens with one attached hydrogen (secondary N) is 1. The van der Waals surface area contributed by atoms with E-state index in [-0.39, 0.29) is 17.6 Å². The van der Waals surface area contributed by atoms with Gasteiger partial charge in [-0.2, -0.15) is 0 Å². The Kier molecular flexibility index (Phi) is 6.33. The number of thioether (sulfide) groups is 1. The molecule has 1 aromatic heterocycles. The van der Waals surface area contributed by atoms with Gasteiger partial charge in [-0.1, -0.05) is 54.2 Å². The lowest BCUT2D eigenvalue weighted by Gasteiger charge is -2.09. The predicted molar refractivity (Wildman–Crippen MR) is 121 cm³/mol. The van der Waals surface area contributed by atoms with Crippen LogP contribution in [0.5, 0.6) is 0 Å². The summed E-state index contributed by atoms with van der Waals surface area (Å²) in [6.45, 7) is 0.385. The van der Waals surface area contributed by atoms with Crippen LogP contribution in [0, 0.1) is 0 Å². The molecular weight excluding hydrogens is 410 g/mol. The molecule has 0 atom stereocenters. The molecule has 0 saturated heterocycles. The molecule has 0 fully saturated rings. The van der Waals surface area contributed by atoms with Crippen molar-refractivity contribution in [1.82, 2.24) is 14.9 Å². The fourth-order valence-electron chi connectivity index (χ4n) is 3.19. The molecule has 1 heterocycles. The molecule has 156 valence electrons. The van der Waals surface area contributed by atoms with Crippen LogP contribution in [-0.4, -0.2) is 34.3 Å². The number of rotatable bonds is 7. The molecule has 0 saturated carbocycles. The van der Waals surface area contributed by atoms with E-state index in [1.165, 1.54) is 18.9 Å². The van der Waals surface area contributed by atoms with Crippen molar-refractivity contribution >= 4 is 34.7 Å². The van der Waals surface area contributed by atoms with Crippen LogP contribution >= 0.6 is 11.8 Å². The van der Waals surface area contributed by atoms with Crippen LogP contribution < -0.4 is 5.32 Å². The number of esters is 1. The Morgan fingerprint density at radius 1 is 0.968 bits per heavy atom. The number of para-hydroxylation sites is 3. The number of imidazole rings is 1. The smallest absolute Gasteiger partial charge is 0.337 e. The number of hydrogen-bond donors (Lipinski definition) is 1. The zero-order chi connectivity index (χ0) is 21.6. The van der Waals surface area contributed by atoms with E-state index in [0.29, 0.717) is 12.1 Å². The van der Waals surface area contributed by atoms with Gasteiger partial charge in [-0.25, -0.2) is 9.78 Å². The number of aromatic nitrogens is 2. The summed E-state index contributed by atoms with van der Waals surface area (Å²) in [5, 5.41) is 3.68. The van der Waals surface area contributed by atoms with Crippen molar-refractivity contribution in [2.45, 2.75) is 11.7 Å². The fraction of sp³-hybridized carbons (Fsp3) is 0.125. The summed E-state index contributed by atoms with van der Waals surface area (Å²) in [5.41, 5.74) is 4.28. The normalized spacial score (nSPS) is 10.7. The maximum atomic E-state index is 12.4. The van der Waals surface area contributed by atoms with Crippen molar-refractivity contribution in [1.29, 1.82) is 0 Å². The van der Waals surface area contributed by atoms with E-state index < -0.39 is 0 Å². The first-order valence-electron chi connectivity index (χ1n) is 9.75. The van der Waals surface area contributed by atoms with Crippen molar-refractivity contribution in [3.05, 3.63) is 90.0 Å². The van der Waals surface area contributed by atoms with Gasteiger partial charge in [0.15, 0.2) is 5.16 Å². The molecular formula is C24H21N3O3S. The molecule has 0 aliphatic carbocycles. The second kappa shape index (κ2) is 9.49. The second-order valence-corrected chi connectivity index (χ2v) is 7.75. The predicted octanol–water partition coefficient (Wildman–Crippen LogP) is 4.22. The average Bonchev–Trinajstić information content (AvgIpc) is 3.20. The second-order valence-electron chi connectivity index (χ2n) is 6.81. The Labute approximate surface area is 184 Å². The highest BCUT2D eigenvalue weighted by molar-refractivity contribution is 7.99. The minimum atomic E-state index is -0.381. The van der Waals surface area contributed by atoms with Gasteiger partial charge in [0.1, 0.15) is 0 Å². The molecule has 0 unspecified atom stereocenters. The highest BCUT2D eigenvalue weighted by atomic mass is 32.2. The monoisotopic (exact) mass is 431 g/mol. The van der Waals surface area contributed by atoms with Crippen molar-refractivity contribution in [3.63, 3.8) is 0 Å². The highest BCUT2D eigenvalue weighted by Gasteiger charge is 2.14. The first-order valence-corrected chi connectivity index (χ1v) is 10.7. The number of nitrogens with zero attached hydrogens (tertiary/aromatic N) is 2. The van der Waals surface area contributed by atoms with Crippen LogP contribution in [-0.2, 0) is 16.1 Å². The Morgan fingerprint density at radius 3 is 2.42 bits per heavy atom. The minimum Gasteiger partial charge on any atom is -0.465 e. The molecule has 1 N–H and O–H groups in total. The molecule has 0 spiro atoms. The zero-order valence-corrected chi connectivity index (χ0v) is 17.8. The first kappa shape index (κ1) is 20.7. The standard InChI is InChI=1S/C24H21N3O3S/c1-30-23(29)18-13-11-17(12-14-18)15-25-22(28)16-31-24-26-20-9-5-6-10-21(20)27(24)19-7-3-2-4-8-19/h2-14H,15-16H2,1H3,(H,25,28). The van der Waals surface area contributed by atoms with Crippen LogP contribution in [0.25, 0.3) is 16.7 Å². The lowest BCUT2D eigenvalue weighted by molar-refractivity contribution is -0.118. The number of methoxy groups -OCH3 is 1. The molecule has 7 heteroatoms. The topological polar surface area (TPSA) is 73.2 Å². The Balaban J connectivity index is 1.42. The number of hydrogen-bond acceptors (Lipinski definition) is 5. The minimum absolute atomic E-state index is 0.0892. The van der Waals surface area contributed by atoms with E-state index in [4.69, 9.17) is 9.72 Å². The maximum absolute atomic E-state index is 12.4. The number of fused-ring (bicyclic) bond motifs is 1. The quantitative estimate of drug-likeness (QED) is 0.350. The molecule has 0 aliphatic heterocycles. The van der Waals surface area contributed by atoms with Crippen molar-refractivity contribution in [2.24, 2.45) is 0 Å². The van der Waals surface area contributed by atoms with Crippen molar-refractivity contribution in [2.75, 3.05) is 12.9 Å². The van der Waals surface area contributed by atoms with Crippen LogP contribution in [0.2, 0.25) is 0 Å². The van der Waals surface area contributed by atoms with E-state index in [1.54, 1.807) is 24.3 Å². The zero-order valence-electron chi connectivity index (χ0n) is 16.9. The number of carbonyl (C=O) groups is 2. The molecule has 1 amide bonds. The van der Waals surface area contributed by atoms with Crippen molar-refractivity contribution < 1.29 is 14.3 Å². The third-order valence-corrected chi connectivity index (χ3v) is 5.68. The lowest BCUT2D eigenvalue weighted by atomic mass is 10.1. The molecule has 3 aromatic carbocycles. The van der Waals surface area contributed by atoms with Crippen LogP contribution in [0.1, 0.15) is 15.9 Å². The van der Waals surface area contributed by atoms with Gasteiger partial charge < -0.3 is 10.1 Å². The van der Waals surface area contributed by atoms with E-state index >= 15 is 0 Å². The van der Waals surface area contributed by atoms with Crippen LogP contribution in [0.15, 0.2) is 84.0 Å². The third kappa shape index (κ3) is 4.78. The summed E-state index contributed by atoms with van der Waals surface area (Å²) in [7, 11) is 1.35. The van der Waals surface area contributed by atoms with Gasteiger partial charge in [0.05, 0.1) is 29.5 Å². The molecule has 0 bridgehead atoms. The first-order chi connectivity index (χ1) is 15.2. The average molecular weight is 432 g/mol. The fourth-order valence-corrected chi connectivity index (χ4v) is 4.04. The third-order valence-electron chi connectivity index (χ3n) is 4.74. The van der Waals surface area contributed by atoms with Gasteiger partial charge >= 0.3 is 5.97 Å². The Hall–Kier alpha value is -3.58. The van der Waals surface area contributed by atoms with Gasteiger partial charge in [-0.15, -0.1) is 0 Å². The molecule has 6 nitrogen and oxygen atoms in total. The number of carbonyl (C=O) groups excluding carboxylic acids is 2. The number of amides is 1. The van der Waals surface area contributed by atoms with Gasteiger partial charge in [0.25, 0.3) is 0 Å². The SMILES string of the molecule is COC(=O)c1ccc(CNC(=O)CSc2nc3ccccc3n2-c2ccccc2)cc1. The summed E-state index contributed by atoms with van der Waals surface area (Å²) >= 11 is 1.40. The number of benzene rings is 3. The van der Waals surface area contributed by atoms with Crippen LogP contribution in [0.4, 0.5) is 0 Å². The van der Waals surface area contributed by atoms with Gasteiger partial charge in [-0.05, 0) is 42.0 Å². The van der Waals surface area contributed by atoms with Gasteiger partial charge in [0.2, 0.25) is 5.91 Å². The maximum Gasteiger partial charge on any atom is 0.337 e. The summed E-state index contributed by atoms with van der Waals surface area (Å²) in [5.74, 6) is -0.224. The van der Waals surface area contributed by atoms with Gasteiger partial charge in [0, 0.05) is 12.2 Å². The molecule has 4 aromatic rings. The summed E-state index contributed by atoms with van der Waals surface area (Å²) < 4.78 is 6.76. The molecule has 0 radical (unpaired) electrons. The molecule has 0 aliphatic rings. The van der Waals surface area contributed by atoms with E-state index in [9.17, 15) is 9.59 Å². The lowest BCUT2D eigenvalue weighted by Crippen LogP contribution is -2.24. The number of ether oxygens (including phenoxy) is 1. The summed E-state index contributed by atoms with van der Waals surface area (Å²) in [6, 6.07) is 24.9. The summed E-state index contributed by atoms with van der Waals surface area (Å²) in [4.78, 5) is 28.6. The molecule has 31 heavy (non-hydrogen) atoms. The van der Waals surface area contributed by atoms with E-state index in [2.05, 4.69) is 9.88 Å². The highest BCUT2D eigenvalue weighted by Crippen LogP contribution is 2.27. The largest absolute Gasteiger partial charge is 0.465 e. The van der Waals surface area contributed by atoms with E-state index in [1.807, 2.05) is 54.6 Å². The Bertz CT molecular complexity index is 1200. The molecule has 4 rings (SSSR count). The van der Waals surface area contributed by atoms with E-state index in [0.717, 1.165) is 27.4 Å². The Morgan fingerprint density at radius 2 is 1.68 bits per heavy atom. The van der Waals surface area contributed by atoms with Crippen molar-refractivity contribution in [3.8, 4) is 5.69 Å². The van der Waals surface area contributed by atoms with Crippen LogP contribution in [0.3, 0.4) is 0 Å². The summed E-state index contributed by atoms with van der Waals surface area (Å²) in [6.07, 6.45) is 0.